The van der Waals surface area contributed by atoms with Crippen molar-refractivity contribution in [2.45, 2.75) is 32.6 Å². The summed E-state index contributed by atoms with van der Waals surface area (Å²) in [5.41, 5.74) is 0. The van der Waals surface area contributed by atoms with E-state index in [-0.39, 0.29) is 6.03 Å². The number of hydrogen-bond acceptors (Lipinski definition) is 4. The Labute approximate surface area is 118 Å². The quantitative estimate of drug-likeness (QED) is 0.816. The van der Waals surface area contributed by atoms with Crippen LogP contribution in [0.5, 0.6) is 0 Å². The molecule has 2 heterocycles. The van der Waals surface area contributed by atoms with Crippen LogP contribution in [-0.2, 0) is 0 Å². The van der Waals surface area contributed by atoms with E-state index >= 15 is 0 Å². The van der Waals surface area contributed by atoms with Crippen LogP contribution in [0.2, 0.25) is 0 Å². The van der Waals surface area contributed by atoms with E-state index in [1.54, 1.807) is 6.20 Å². The molecule has 0 saturated carbocycles. The number of aryl methyl sites for hydroxylation is 1. The van der Waals surface area contributed by atoms with Crippen molar-refractivity contribution in [1.82, 2.24) is 15.2 Å². The maximum Gasteiger partial charge on any atom is 0.321 e. The van der Waals surface area contributed by atoms with Crippen molar-refractivity contribution in [1.29, 1.82) is 0 Å². The van der Waals surface area contributed by atoms with Crippen molar-refractivity contribution >= 4 is 22.5 Å². The summed E-state index contributed by atoms with van der Waals surface area (Å²) >= 11 is 1.49. The second-order valence-electron chi connectivity index (χ2n) is 4.91. The van der Waals surface area contributed by atoms with Crippen molar-refractivity contribution in [2.75, 3.05) is 31.5 Å². The SMILES string of the molecule is Cc1cnc(NC(=O)NCCCN2CCCCC2)s1. The molecule has 0 radical (unpaired) electrons. The normalized spacial score (nSPS) is 16.3. The Balaban J connectivity index is 1.56. The molecule has 0 atom stereocenters. The zero-order valence-electron chi connectivity index (χ0n) is 11.4. The van der Waals surface area contributed by atoms with E-state index in [4.69, 9.17) is 0 Å². The number of carbonyl (C=O) groups is 1. The summed E-state index contributed by atoms with van der Waals surface area (Å²) in [6.45, 7) is 6.19. The van der Waals surface area contributed by atoms with Crippen LogP contribution in [0.1, 0.15) is 30.6 Å². The lowest BCUT2D eigenvalue weighted by atomic mass is 10.1. The zero-order valence-corrected chi connectivity index (χ0v) is 12.3. The van der Waals surface area contributed by atoms with Crippen molar-refractivity contribution in [3.63, 3.8) is 0 Å². The maximum atomic E-state index is 11.6. The minimum atomic E-state index is -0.159. The van der Waals surface area contributed by atoms with Crippen molar-refractivity contribution in [3.05, 3.63) is 11.1 Å². The number of amides is 2. The fourth-order valence-electron chi connectivity index (χ4n) is 2.24. The van der Waals surface area contributed by atoms with E-state index in [1.807, 2.05) is 6.92 Å². The summed E-state index contributed by atoms with van der Waals surface area (Å²) < 4.78 is 0. The van der Waals surface area contributed by atoms with Gasteiger partial charge in [0.05, 0.1) is 0 Å². The molecule has 2 rings (SSSR count). The van der Waals surface area contributed by atoms with Crippen LogP contribution in [-0.4, -0.2) is 42.1 Å². The molecule has 0 aliphatic carbocycles. The number of thiazole rings is 1. The first-order valence-electron chi connectivity index (χ1n) is 6.94. The van der Waals surface area contributed by atoms with Crippen LogP contribution in [0.25, 0.3) is 0 Å². The van der Waals surface area contributed by atoms with Gasteiger partial charge < -0.3 is 10.2 Å². The first-order valence-corrected chi connectivity index (χ1v) is 7.75. The van der Waals surface area contributed by atoms with Crippen LogP contribution in [0, 0.1) is 6.92 Å². The van der Waals surface area contributed by atoms with E-state index in [0.29, 0.717) is 11.7 Å². The van der Waals surface area contributed by atoms with Gasteiger partial charge in [0, 0.05) is 17.6 Å². The van der Waals surface area contributed by atoms with E-state index in [9.17, 15) is 4.79 Å². The van der Waals surface area contributed by atoms with Crippen LogP contribution in [0.15, 0.2) is 6.20 Å². The monoisotopic (exact) mass is 282 g/mol. The molecule has 1 aliphatic heterocycles. The summed E-state index contributed by atoms with van der Waals surface area (Å²) in [4.78, 5) is 19.3. The lowest BCUT2D eigenvalue weighted by Crippen LogP contribution is -2.34. The number of aromatic nitrogens is 1. The van der Waals surface area contributed by atoms with Gasteiger partial charge in [0.15, 0.2) is 5.13 Å². The number of anilines is 1. The van der Waals surface area contributed by atoms with Gasteiger partial charge in [-0.3, -0.25) is 5.32 Å². The lowest BCUT2D eigenvalue weighted by Gasteiger charge is -2.26. The fourth-order valence-corrected chi connectivity index (χ4v) is 2.90. The molecule has 0 spiro atoms. The lowest BCUT2D eigenvalue weighted by molar-refractivity contribution is 0.224. The molecular formula is C13H22N4OS. The maximum absolute atomic E-state index is 11.6. The molecule has 0 aromatic carbocycles. The zero-order chi connectivity index (χ0) is 13.5. The highest BCUT2D eigenvalue weighted by Crippen LogP contribution is 2.15. The molecule has 2 amide bonds. The Morgan fingerprint density at radius 2 is 2.21 bits per heavy atom. The van der Waals surface area contributed by atoms with Crippen LogP contribution >= 0.6 is 11.3 Å². The van der Waals surface area contributed by atoms with Gasteiger partial charge in [-0.15, -0.1) is 11.3 Å². The summed E-state index contributed by atoms with van der Waals surface area (Å²) in [5.74, 6) is 0. The van der Waals surface area contributed by atoms with Crippen molar-refractivity contribution in [3.8, 4) is 0 Å². The topological polar surface area (TPSA) is 57.3 Å². The van der Waals surface area contributed by atoms with E-state index in [1.165, 1.54) is 43.7 Å². The molecule has 106 valence electrons. The van der Waals surface area contributed by atoms with Gasteiger partial charge in [-0.25, -0.2) is 9.78 Å². The first-order chi connectivity index (χ1) is 9.24. The number of carbonyl (C=O) groups excluding carboxylic acids is 1. The van der Waals surface area contributed by atoms with E-state index in [2.05, 4.69) is 20.5 Å². The molecular weight excluding hydrogens is 260 g/mol. The average molecular weight is 282 g/mol. The number of piperidine rings is 1. The number of rotatable bonds is 5. The Bertz CT molecular complexity index is 401. The van der Waals surface area contributed by atoms with Crippen molar-refractivity contribution < 1.29 is 4.79 Å². The van der Waals surface area contributed by atoms with Gasteiger partial charge in [0.1, 0.15) is 0 Å². The van der Waals surface area contributed by atoms with Crippen LogP contribution in [0.4, 0.5) is 9.93 Å². The molecule has 1 saturated heterocycles. The molecule has 0 bridgehead atoms. The minimum absolute atomic E-state index is 0.159. The molecule has 5 nitrogen and oxygen atoms in total. The highest BCUT2D eigenvalue weighted by molar-refractivity contribution is 7.15. The largest absolute Gasteiger partial charge is 0.338 e. The number of hydrogen-bond donors (Lipinski definition) is 2. The van der Waals surface area contributed by atoms with Gasteiger partial charge in [-0.05, 0) is 45.8 Å². The number of urea groups is 1. The third-order valence-electron chi connectivity index (χ3n) is 3.23. The second kappa shape index (κ2) is 7.45. The smallest absolute Gasteiger partial charge is 0.321 e. The highest BCUT2D eigenvalue weighted by atomic mass is 32.1. The third-order valence-corrected chi connectivity index (χ3v) is 4.06. The molecule has 19 heavy (non-hydrogen) atoms. The fraction of sp³-hybridized carbons (Fsp3) is 0.692. The molecule has 1 aromatic heterocycles. The third kappa shape index (κ3) is 5.16. The van der Waals surface area contributed by atoms with Gasteiger partial charge in [-0.1, -0.05) is 6.42 Å². The average Bonchev–Trinajstić information content (AvgIpc) is 2.81. The molecule has 1 fully saturated rings. The summed E-state index contributed by atoms with van der Waals surface area (Å²) in [5, 5.41) is 6.27. The Kier molecular flexibility index (Phi) is 5.60. The molecule has 6 heteroatoms. The van der Waals surface area contributed by atoms with Gasteiger partial charge in [0.25, 0.3) is 0 Å². The molecule has 2 N–H and O–H groups in total. The predicted octanol–water partition coefficient (Wildman–Crippen LogP) is 2.45. The Morgan fingerprint density at radius 1 is 1.42 bits per heavy atom. The number of nitrogens with zero attached hydrogens (tertiary/aromatic N) is 2. The van der Waals surface area contributed by atoms with Gasteiger partial charge >= 0.3 is 6.03 Å². The second-order valence-corrected chi connectivity index (χ2v) is 6.15. The van der Waals surface area contributed by atoms with Gasteiger partial charge in [0.2, 0.25) is 0 Å². The molecule has 1 aliphatic rings. The molecule has 1 aromatic rings. The van der Waals surface area contributed by atoms with E-state index < -0.39 is 0 Å². The molecule has 0 unspecified atom stereocenters. The Morgan fingerprint density at radius 3 is 2.89 bits per heavy atom. The number of nitrogens with one attached hydrogen (secondary N) is 2. The van der Waals surface area contributed by atoms with Crippen molar-refractivity contribution in [2.24, 2.45) is 0 Å². The van der Waals surface area contributed by atoms with Crippen LogP contribution < -0.4 is 10.6 Å². The Hall–Kier alpha value is -1.14. The number of likely N-dealkylation sites (tertiary alicyclic amines) is 1. The standard InChI is InChI=1S/C13H22N4OS/c1-11-10-15-13(19-11)16-12(18)14-6-5-9-17-7-3-2-4-8-17/h10H,2-9H2,1H3,(H2,14,15,16,18). The predicted molar refractivity (Wildman–Crippen MR) is 78.8 cm³/mol. The van der Waals surface area contributed by atoms with E-state index in [0.717, 1.165) is 17.8 Å². The van der Waals surface area contributed by atoms with Gasteiger partial charge in [-0.2, -0.15) is 0 Å². The summed E-state index contributed by atoms with van der Waals surface area (Å²) in [7, 11) is 0. The summed E-state index contributed by atoms with van der Waals surface area (Å²) in [6, 6.07) is -0.159. The minimum Gasteiger partial charge on any atom is -0.338 e. The summed E-state index contributed by atoms with van der Waals surface area (Å²) in [6.07, 6.45) is 6.76. The van der Waals surface area contributed by atoms with Crippen LogP contribution in [0.3, 0.4) is 0 Å². The first kappa shape index (κ1) is 14.3. The highest BCUT2D eigenvalue weighted by Gasteiger charge is 2.09.